The Kier molecular flexibility index (Phi) is 6.00. The maximum Gasteiger partial charge on any atom is 0.273 e. The summed E-state index contributed by atoms with van der Waals surface area (Å²) in [5, 5.41) is 5.74. The van der Waals surface area contributed by atoms with Crippen LogP contribution >= 0.6 is 11.3 Å². The number of rotatable bonds is 5. The molecular weight excluding hydrogens is 372 g/mol. The van der Waals surface area contributed by atoms with E-state index in [1.54, 1.807) is 6.20 Å². The first-order chi connectivity index (χ1) is 13.7. The largest absolute Gasteiger partial charge is 0.353 e. The van der Waals surface area contributed by atoms with Gasteiger partial charge in [-0.1, -0.05) is 18.9 Å². The lowest BCUT2D eigenvalue weighted by Crippen LogP contribution is -2.46. The van der Waals surface area contributed by atoms with Gasteiger partial charge < -0.3 is 10.2 Å². The number of nitrogens with one attached hydrogen (secondary N) is 1. The number of carbonyl (C=O) groups excluding carboxylic acids is 2. The van der Waals surface area contributed by atoms with Crippen molar-refractivity contribution in [3.63, 3.8) is 0 Å². The summed E-state index contributed by atoms with van der Waals surface area (Å²) in [7, 11) is 0. The zero-order valence-electron chi connectivity index (χ0n) is 16.0. The van der Waals surface area contributed by atoms with Gasteiger partial charge >= 0.3 is 0 Å². The molecule has 0 spiro atoms. The van der Waals surface area contributed by atoms with Crippen LogP contribution in [0.4, 0.5) is 0 Å². The topological polar surface area (TPSA) is 75.2 Å². The second-order valence-electron chi connectivity index (χ2n) is 7.74. The number of thiazole rings is 1. The number of carbonyl (C=O) groups is 2. The molecule has 0 unspecified atom stereocenters. The molecule has 1 aliphatic carbocycles. The number of piperidine rings is 1. The number of amides is 2. The molecule has 2 aliphatic rings. The molecule has 2 amide bonds. The van der Waals surface area contributed by atoms with E-state index in [0.717, 1.165) is 23.5 Å². The average Bonchev–Trinajstić information content (AvgIpc) is 3.41. The zero-order chi connectivity index (χ0) is 19.3. The molecule has 0 bridgehead atoms. The molecule has 2 aromatic heterocycles. The summed E-state index contributed by atoms with van der Waals surface area (Å²) in [5.41, 5.74) is 1.27. The number of hydrogen-bond acceptors (Lipinski definition) is 5. The summed E-state index contributed by atoms with van der Waals surface area (Å²) in [6.07, 6.45) is 8.90. The van der Waals surface area contributed by atoms with Crippen LogP contribution in [0.15, 0.2) is 29.8 Å². The highest BCUT2D eigenvalue weighted by Gasteiger charge is 2.27. The number of aromatic nitrogens is 2. The van der Waals surface area contributed by atoms with Crippen molar-refractivity contribution in [2.24, 2.45) is 5.92 Å². The number of pyridine rings is 1. The van der Waals surface area contributed by atoms with E-state index in [-0.39, 0.29) is 17.9 Å². The first kappa shape index (κ1) is 19.1. The standard InChI is InChI=1S/C21H26N4O2S/c26-19(13-15-5-1-2-6-15)23-16-8-11-25(12-9-16)21(27)18-14-28-20(24-18)17-7-3-4-10-22-17/h3-4,7,10,14-16H,1-2,5-6,8-9,11-13H2,(H,23,26). The summed E-state index contributed by atoms with van der Waals surface area (Å²) < 4.78 is 0. The normalized spacial score (nSPS) is 18.4. The predicted molar refractivity (Wildman–Crippen MR) is 109 cm³/mol. The highest BCUT2D eigenvalue weighted by atomic mass is 32.1. The van der Waals surface area contributed by atoms with Crippen molar-refractivity contribution in [2.45, 2.75) is 51.0 Å². The molecule has 148 valence electrons. The van der Waals surface area contributed by atoms with Crippen molar-refractivity contribution >= 4 is 23.2 Å². The van der Waals surface area contributed by atoms with Crippen LogP contribution in [0, 0.1) is 5.92 Å². The molecule has 0 atom stereocenters. The molecule has 0 aromatic carbocycles. The first-order valence-electron chi connectivity index (χ1n) is 10.1. The van der Waals surface area contributed by atoms with Gasteiger partial charge in [0.2, 0.25) is 5.91 Å². The molecule has 1 saturated heterocycles. The Morgan fingerprint density at radius 2 is 1.93 bits per heavy atom. The molecule has 1 saturated carbocycles. The monoisotopic (exact) mass is 398 g/mol. The average molecular weight is 399 g/mol. The molecule has 1 aliphatic heterocycles. The first-order valence-corrected chi connectivity index (χ1v) is 11.0. The Balaban J connectivity index is 1.27. The molecule has 28 heavy (non-hydrogen) atoms. The van der Waals surface area contributed by atoms with E-state index in [1.807, 2.05) is 28.5 Å². The Labute approximate surface area is 169 Å². The van der Waals surface area contributed by atoms with Crippen LogP contribution in [0.1, 0.15) is 55.4 Å². The fourth-order valence-corrected chi connectivity index (χ4v) is 4.90. The smallest absolute Gasteiger partial charge is 0.273 e. The SMILES string of the molecule is O=C(CC1CCCC1)NC1CCN(C(=O)c2csc(-c3ccccn3)n2)CC1. The lowest BCUT2D eigenvalue weighted by molar-refractivity contribution is -0.122. The molecular formula is C21H26N4O2S. The Morgan fingerprint density at radius 3 is 2.64 bits per heavy atom. The summed E-state index contributed by atoms with van der Waals surface area (Å²) in [5.74, 6) is 0.713. The molecule has 6 nitrogen and oxygen atoms in total. The van der Waals surface area contributed by atoms with Gasteiger partial charge in [0.25, 0.3) is 5.91 Å². The van der Waals surface area contributed by atoms with Crippen LogP contribution in [0.2, 0.25) is 0 Å². The molecule has 2 fully saturated rings. The second kappa shape index (κ2) is 8.82. The van der Waals surface area contributed by atoms with Crippen molar-refractivity contribution in [3.8, 4) is 10.7 Å². The predicted octanol–water partition coefficient (Wildman–Crippen LogP) is 3.51. The molecule has 4 rings (SSSR count). The van der Waals surface area contributed by atoms with E-state index in [0.29, 0.717) is 31.1 Å². The lowest BCUT2D eigenvalue weighted by atomic mass is 10.0. The van der Waals surface area contributed by atoms with E-state index >= 15 is 0 Å². The van der Waals surface area contributed by atoms with Crippen LogP contribution in [0.25, 0.3) is 10.7 Å². The van der Waals surface area contributed by atoms with Crippen molar-refractivity contribution < 1.29 is 9.59 Å². The van der Waals surface area contributed by atoms with Gasteiger partial charge in [-0.05, 0) is 43.7 Å². The molecule has 3 heterocycles. The van der Waals surface area contributed by atoms with Crippen molar-refractivity contribution in [3.05, 3.63) is 35.5 Å². The van der Waals surface area contributed by atoms with Gasteiger partial charge in [0.1, 0.15) is 10.7 Å². The van der Waals surface area contributed by atoms with Crippen LogP contribution in [-0.2, 0) is 4.79 Å². The van der Waals surface area contributed by atoms with E-state index in [9.17, 15) is 9.59 Å². The highest BCUT2D eigenvalue weighted by Crippen LogP contribution is 2.27. The van der Waals surface area contributed by atoms with Crippen LogP contribution in [-0.4, -0.2) is 45.8 Å². The Bertz CT molecular complexity index is 809. The fourth-order valence-electron chi connectivity index (χ4n) is 4.13. The summed E-state index contributed by atoms with van der Waals surface area (Å²) in [6, 6.07) is 5.85. The second-order valence-corrected chi connectivity index (χ2v) is 8.60. The summed E-state index contributed by atoms with van der Waals surface area (Å²) in [4.78, 5) is 35.6. The number of hydrogen-bond donors (Lipinski definition) is 1. The minimum atomic E-state index is -0.0332. The van der Waals surface area contributed by atoms with Gasteiger partial charge in [0.15, 0.2) is 0 Å². The van der Waals surface area contributed by atoms with Crippen LogP contribution < -0.4 is 5.32 Å². The van der Waals surface area contributed by atoms with E-state index in [2.05, 4.69) is 15.3 Å². The number of nitrogens with zero attached hydrogens (tertiary/aromatic N) is 3. The van der Waals surface area contributed by atoms with E-state index in [4.69, 9.17) is 0 Å². The zero-order valence-corrected chi connectivity index (χ0v) is 16.8. The molecule has 1 N–H and O–H groups in total. The minimum Gasteiger partial charge on any atom is -0.353 e. The van der Waals surface area contributed by atoms with Crippen molar-refractivity contribution in [1.29, 1.82) is 0 Å². The lowest BCUT2D eigenvalue weighted by Gasteiger charge is -2.32. The Hall–Kier alpha value is -2.28. The van der Waals surface area contributed by atoms with Gasteiger partial charge in [-0.15, -0.1) is 11.3 Å². The van der Waals surface area contributed by atoms with Gasteiger partial charge in [0, 0.05) is 37.1 Å². The maximum absolute atomic E-state index is 12.8. The fraction of sp³-hybridized carbons (Fsp3) is 0.524. The third-order valence-corrected chi connectivity index (χ3v) is 6.57. The summed E-state index contributed by atoms with van der Waals surface area (Å²) >= 11 is 1.44. The van der Waals surface area contributed by atoms with Gasteiger partial charge in [0.05, 0.1) is 5.69 Å². The third kappa shape index (κ3) is 4.58. The van der Waals surface area contributed by atoms with E-state index < -0.39 is 0 Å². The van der Waals surface area contributed by atoms with Gasteiger partial charge in [-0.25, -0.2) is 4.98 Å². The van der Waals surface area contributed by atoms with Gasteiger partial charge in [-0.2, -0.15) is 0 Å². The van der Waals surface area contributed by atoms with Crippen molar-refractivity contribution in [1.82, 2.24) is 20.2 Å². The van der Waals surface area contributed by atoms with Crippen LogP contribution in [0.3, 0.4) is 0 Å². The third-order valence-electron chi connectivity index (χ3n) is 5.70. The van der Waals surface area contributed by atoms with E-state index in [1.165, 1.54) is 37.0 Å². The van der Waals surface area contributed by atoms with Crippen LogP contribution in [0.5, 0.6) is 0 Å². The minimum absolute atomic E-state index is 0.0332. The highest BCUT2D eigenvalue weighted by molar-refractivity contribution is 7.13. The van der Waals surface area contributed by atoms with Crippen molar-refractivity contribution in [2.75, 3.05) is 13.1 Å². The Morgan fingerprint density at radius 1 is 1.14 bits per heavy atom. The number of likely N-dealkylation sites (tertiary alicyclic amines) is 1. The molecule has 7 heteroatoms. The quantitative estimate of drug-likeness (QED) is 0.836. The molecule has 2 aromatic rings. The summed E-state index contributed by atoms with van der Waals surface area (Å²) in [6.45, 7) is 1.31. The molecule has 0 radical (unpaired) electrons. The maximum atomic E-state index is 12.8. The van der Waals surface area contributed by atoms with Gasteiger partial charge in [-0.3, -0.25) is 14.6 Å².